The van der Waals surface area contributed by atoms with Crippen LogP contribution in [0.4, 0.5) is 0 Å². The number of nitrogens with zero attached hydrogens (tertiary/aromatic N) is 1. The molecular weight excluding hydrogens is 496 g/mol. The van der Waals surface area contributed by atoms with Crippen LogP contribution in [-0.2, 0) is 19.2 Å². The number of ether oxygens (including phenoxy) is 1. The molecule has 0 heterocycles. The number of allylic oxidation sites excluding steroid dienone is 2. The van der Waals surface area contributed by atoms with E-state index in [1.165, 1.54) is 12.7 Å². The number of nitrogens with two attached hydrogens (primary N) is 1. The van der Waals surface area contributed by atoms with Gasteiger partial charge in [0, 0.05) is 11.8 Å². The van der Waals surface area contributed by atoms with Crippen LogP contribution in [0.2, 0.25) is 0 Å². The number of amidine groups is 1. The summed E-state index contributed by atoms with van der Waals surface area (Å²) in [6.45, 7) is 4.31. The zero-order valence-corrected chi connectivity index (χ0v) is 23.6. The third-order valence-electron chi connectivity index (χ3n) is 10.5. The van der Waals surface area contributed by atoms with Crippen molar-refractivity contribution >= 4 is 23.4 Å². The molecule has 0 aromatic heterocycles. The standard InChI is InChI=1S/C30H44N4O5/c1-5-30(37)16-13-23-21-10-9-19-17-20(11-14-28(19,2)22(21)12-15-29(23,30)3)34-39-18-26(35)33-24(27(36)38-4)7-6-8-25(31)32/h1,17,21-24,37H,6-16,18H2,2-4H3,(H3,31,32)(H,33,35)/t21-,22-,23-,24+,28+,29+,30-/m1/s1. The van der Waals surface area contributed by atoms with Crippen molar-refractivity contribution in [1.82, 2.24) is 5.32 Å². The summed E-state index contributed by atoms with van der Waals surface area (Å²) in [7, 11) is 1.27. The molecule has 3 fully saturated rings. The Morgan fingerprint density at radius 3 is 2.69 bits per heavy atom. The average molecular weight is 541 g/mol. The van der Waals surface area contributed by atoms with Gasteiger partial charge in [0.2, 0.25) is 0 Å². The molecule has 0 bridgehead atoms. The Morgan fingerprint density at radius 2 is 2.00 bits per heavy atom. The molecule has 0 spiro atoms. The molecule has 9 heteroatoms. The van der Waals surface area contributed by atoms with E-state index < -0.39 is 23.5 Å². The van der Waals surface area contributed by atoms with Crippen LogP contribution in [0.5, 0.6) is 0 Å². The summed E-state index contributed by atoms with van der Waals surface area (Å²) in [5.74, 6) is 3.39. The number of oxime groups is 1. The number of carbonyl (C=O) groups excluding carboxylic acids is 2. The third kappa shape index (κ3) is 5.45. The number of terminal acetylenes is 1. The van der Waals surface area contributed by atoms with Gasteiger partial charge in [0.05, 0.1) is 18.7 Å². The molecule has 0 aromatic carbocycles. The lowest BCUT2D eigenvalue weighted by atomic mass is 9.46. The molecule has 0 unspecified atom stereocenters. The van der Waals surface area contributed by atoms with E-state index in [2.05, 4.69) is 36.3 Å². The molecule has 7 atom stereocenters. The largest absolute Gasteiger partial charge is 0.467 e. The fraction of sp³-hybridized carbons (Fsp3) is 0.733. The van der Waals surface area contributed by atoms with E-state index in [1.807, 2.05) is 0 Å². The molecule has 0 radical (unpaired) electrons. The second kappa shape index (κ2) is 11.3. The number of esters is 1. The minimum absolute atomic E-state index is 0.0341. The fourth-order valence-electron chi connectivity index (χ4n) is 8.19. The molecular formula is C30H44N4O5. The second-order valence-corrected chi connectivity index (χ2v) is 12.4. The first-order chi connectivity index (χ1) is 18.5. The SMILES string of the molecule is C#C[C@@]1(O)CC[C@@H]2[C@@H]3CCC4=CC(=NOCC(=O)N[C@@H](CCCC(=N)N)C(=O)OC)CC[C@]4(C)[C@@H]3CC[C@@]21C. The maximum Gasteiger partial charge on any atom is 0.328 e. The Labute approximate surface area is 231 Å². The summed E-state index contributed by atoms with van der Waals surface area (Å²) in [5, 5.41) is 25.4. The van der Waals surface area contributed by atoms with E-state index in [4.69, 9.17) is 27.1 Å². The van der Waals surface area contributed by atoms with E-state index >= 15 is 0 Å². The first-order valence-corrected chi connectivity index (χ1v) is 14.3. The van der Waals surface area contributed by atoms with Gasteiger partial charge in [-0.3, -0.25) is 10.2 Å². The highest BCUT2D eigenvalue weighted by Crippen LogP contribution is 2.67. The van der Waals surface area contributed by atoms with E-state index in [1.54, 1.807) is 0 Å². The number of nitrogens with one attached hydrogen (secondary N) is 2. The van der Waals surface area contributed by atoms with E-state index in [-0.39, 0.29) is 23.3 Å². The quantitative estimate of drug-likeness (QED) is 0.116. The van der Waals surface area contributed by atoms with Crippen LogP contribution in [0.15, 0.2) is 16.8 Å². The van der Waals surface area contributed by atoms with E-state index in [0.29, 0.717) is 43.4 Å². The van der Waals surface area contributed by atoms with Crippen LogP contribution < -0.4 is 11.1 Å². The van der Waals surface area contributed by atoms with Crippen LogP contribution >= 0.6 is 0 Å². The number of fused-ring (bicyclic) bond motifs is 5. The van der Waals surface area contributed by atoms with Gasteiger partial charge < -0.3 is 25.7 Å². The van der Waals surface area contributed by atoms with Crippen molar-refractivity contribution in [2.24, 2.45) is 39.5 Å². The molecule has 0 aliphatic heterocycles. The second-order valence-electron chi connectivity index (χ2n) is 12.4. The highest BCUT2D eigenvalue weighted by molar-refractivity contribution is 5.96. The minimum atomic E-state index is -0.985. The van der Waals surface area contributed by atoms with Gasteiger partial charge in [0.25, 0.3) is 5.91 Å². The highest BCUT2D eigenvalue weighted by Gasteiger charge is 2.63. The molecule has 9 nitrogen and oxygen atoms in total. The predicted molar refractivity (Wildman–Crippen MR) is 149 cm³/mol. The lowest BCUT2D eigenvalue weighted by molar-refractivity contribution is -0.145. The molecule has 5 N–H and O–H groups in total. The van der Waals surface area contributed by atoms with Crippen LogP contribution in [-0.4, -0.2) is 53.9 Å². The van der Waals surface area contributed by atoms with Crippen molar-refractivity contribution in [3.05, 3.63) is 11.6 Å². The van der Waals surface area contributed by atoms with Crippen molar-refractivity contribution in [3.63, 3.8) is 0 Å². The van der Waals surface area contributed by atoms with Gasteiger partial charge in [-0.05, 0) is 93.5 Å². The Balaban J connectivity index is 1.35. The summed E-state index contributed by atoms with van der Waals surface area (Å²) >= 11 is 0. The van der Waals surface area contributed by atoms with Gasteiger partial charge >= 0.3 is 5.97 Å². The molecule has 0 saturated heterocycles. The molecule has 3 saturated carbocycles. The smallest absolute Gasteiger partial charge is 0.328 e. The van der Waals surface area contributed by atoms with Gasteiger partial charge in [-0.1, -0.05) is 30.5 Å². The van der Waals surface area contributed by atoms with Gasteiger partial charge in [-0.25, -0.2) is 4.79 Å². The zero-order chi connectivity index (χ0) is 28.4. The lowest BCUT2D eigenvalue weighted by Gasteiger charge is -2.58. The Bertz CT molecular complexity index is 1100. The van der Waals surface area contributed by atoms with Crippen molar-refractivity contribution in [1.29, 1.82) is 5.41 Å². The summed E-state index contributed by atoms with van der Waals surface area (Å²) in [4.78, 5) is 29.8. The highest BCUT2D eigenvalue weighted by atomic mass is 16.6. The topological polar surface area (TPSA) is 147 Å². The van der Waals surface area contributed by atoms with E-state index in [9.17, 15) is 14.7 Å². The molecule has 39 heavy (non-hydrogen) atoms. The first-order valence-electron chi connectivity index (χ1n) is 14.3. The van der Waals surface area contributed by atoms with Gasteiger partial charge in [0.15, 0.2) is 6.61 Å². The molecule has 4 aliphatic carbocycles. The van der Waals surface area contributed by atoms with Crippen LogP contribution in [0.25, 0.3) is 0 Å². The Kier molecular flexibility index (Phi) is 8.46. The summed E-state index contributed by atoms with van der Waals surface area (Å²) in [6, 6.07) is -0.820. The summed E-state index contributed by atoms with van der Waals surface area (Å²) < 4.78 is 4.78. The van der Waals surface area contributed by atoms with Crippen molar-refractivity contribution < 1.29 is 24.3 Å². The van der Waals surface area contributed by atoms with Crippen molar-refractivity contribution in [2.45, 2.75) is 96.1 Å². The number of hydrogen-bond acceptors (Lipinski definition) is 7. The maximum absolute atomic E-state index is 12.4. The van der Waals surface area contributed by atoms with E-state index in [0.717, 1.165) is 50.7 Å². The molecule has 4 aliphatic rings. The first kappa shape index (κ1) is 29.1. The predicted octanol–water partition coefficient (Wildman–Crippen LogP) is 3.45. The Morgan fingerprint density at radius 1 is 1.26 bits per heavy atom. The normalized spacial score (nSPS) is 36.8. The number of amides is 1. The number of hydrogen-bond donors (Lipinski definition) is 4. The lowest BCUT2D eigenvalue weighted by Crippen LogP contribution is -2.54. The van der Waals surface area contributed by atoms with Crippen molar-refractivity contribution in [2.75, 3.05) is 13.7 Å². The van der Waals surface area contributed by atoms with Crippen LogP contribution in [0.3, 0.4) is 0 Å². The fourth-order valence-corrected chi connectivity index (χ4v) is 8.19. The maximum atomic E-state index is 12.4. The molecule has 1 amide bonds. The summed E-state index contributed by atoms with van der Waals surface area (Å²) in [6.07, 6.45) is 16.7. The van der Waals surface area contributed by atoms with Crippen LogP contribution in [0, 0.1) is 46.3 Å². The number of aliphatic hydroxyl groups is 1. The van der Waals surface area contributed by atoms with Crippen molar-refractivity contribution in [3.8, 4) is 12.3 Å². The van der Waals surface area contributed by atoms with Crippen LogP contribution in [0.1, 0.15) is 84.5 Å². The number of methoxy groups -OCH3 is 1. The van der Waals surface area contributed by atoms with Gasteiger partial charge in [-0.15, -0.1) is 6.42 Å². The molecule has 214 valence electrons. The number of rotatable bonds is 9. The average Bonchev–Trinajstić information content (AvgIpc) is 3.18. The number of carbonyl (C=O) groups is 2. The zero-order valence-electron chi connectivity index (χ0n) is 23.6. The van der Waals surface area contributed by atoms with Gasteiger partial charge in [0.1, 0.15) is 11.6 Å². The Hall–Kier alpha value is -2.86. The van der Waals surface area contributed by atoms with Gasteiger partial charge in [-0.2, -0.15) is 0 Å². The third-order valence-corrected chi connectivity index (χ3v) is 10.5. The molecule has 0 aromatic rings. The monoisotopic (exact) mass is 540 g/mol. The minimum Gasteiger partial charge on any atom is -0.467 e. The summed E-state index contributed by atoms with van der Waals surface area (Å²) in [5.41, 5.74) is 6.54. The molecule has 4 rings (SSSR count).